The zero-order valence-electron chi connectivity index (χ0n) is 13.7. The summed E-state index contributed by atoms with van der Waals surface area (Å²) in [6.45, 7) is 0. The van der Waals surface area contributed by atoms with E-state index in [1.165, 1.54) is 6.07 Å². The van der Waals surface area contributed by atoms with E-state index in [1.807, 2.05) is 24.3 Å². The van der Waals surface area contributed by atoms with Crippen molar-refractivity contribution in [2.75, 3.05) is 0 Å². The predicted molar refractivity (Wildman–Crippen MR) is 89.3 cm³/mol. The van der Waals surface area contributed by atoms with Crippen LogP contribution >= 0.6 is 0 Å². The van der Waals surface area contributed by atoms with Crippen LogP contribution in [0.1, 0.15) is 41.9 Å². The molecule has 2 unspecified atom stereocenters. The first-order valence-electron chi connectivity index (χ1n) is 8.36. The van der Waals surface area contributed by atoms with Crippen molar-refractivity contribution in [2.45, 2.75) is 36.8 Å². The minimum Gasteiger partial charge on any atom is -0.298 e. The highest BCUT2D eigenvalue weighted by Gasteiger charge is 2.47. The van der Waals surface area contributed by atoms with Gasteiger partial charge < -0.3 is 0 Å². The van der Waals surface area contributed by atoms with Crippen molar-refractivity contribution in [3.8, 4) is 0 Å². The Labute approximate surface area is 147 Å². The number of ketones is 1. The van der Waals surface area contributed by atoms with Crippen LogP contribution in [0.25, 0.3) is 0 Å². The zero-order valence-corrected chi connectivity index (χ0v) is 13.7. The van der Waals surface area contributed by atoms with Gasteiger partial charge in [0.2, 0.25) is 0 Å². The lowest BCUT2D eigenvalue weighted by Crippen LogP contribution is -2.41. The van der Waals surface area contributed by atoms with Gasteiger partial charge in [0.1, 0.15) is 11.6 Å². The van der Waals surface area contributed by atoms with Crippen LogP contribution in [0.4, 0.5) is 23.2 Å². The van der Waals surface area contributed by atoms with Crippen LogP contribution in [0, 0.1) is 5.82 Å². The highest BCUT2D eigenvalue weighted by atomic mass is 19.4. The molecular weight excluding hydrogens is 346 g/mol. The van der Waals surface area contributed by atoms with Gasteiger partial charge in [-0.1, -0.05) is 24.3 Å². The molecule has 2 atom stereocenters. The first kappa shape index (κ1) is 16.9. The van der Waals surface area contributed by atoms with Crippen LogP contribution in [0.3, 0.4) is 0 Å². The Balaban J connectivity index is 1.73. The van der Waals surface area contributed by atoms with Gasteiger partial charge in [-0.25, -0.2) is 4.39 Å². The molecule has 0 radical (unpaired) electrons. The Bertz CT molecular complexity index is 918. The number of para-hydroxylation sites is 1. The molecule has 0 aromatic heterocycles. The van der Waals surface area contributed by atoms with Crippen LogP contribution in [0.2, 0.25) is 0 Å². The number of alkyl halides is 3. The van der Waals surface area contributed by atoms with Crippen molar-refractivity contribution < 1.29 is 22.4 Å². The van der Waals surface area contributed by atoms with Crippen LogP contribution in [0.15, 0.2) is 47.5 Å². The lowest BCUT2D eigenvalue weighted by Gasteiger charge is -2.36. The number of rotatable bonds is 1. The summed E-state index contributed by atoms with van der Waals surface area (Å²) in [5, 5.41) is 0. The smallest absolute Gasteiger partial charge is 0.298 e. The van der Waals surface area contributed by atoms with Gasteiger partial charge in [0.25, 0.3) is 0 Å². The molecule has 1 fully saturated rings. The number of carbonyl (C=O) groups is 1. The van der Waals surface area contributed by atoms with Crippen LogP contribution < -0.4 is 0 Å². The molecule has 2 aromatic carbocycles. The molecule has 4 rings (SSSR count). The Hall–Kier alpha value is -2.50. The fourth-order valence-electron chi connectivity index (χ4n) is 4.03. The van der Waals surface area contributed by atoms with E-state index in [4.69, 9.17) is 0 Å². The third kappa shape index (κ3) is 2.55. The van der Waals surface area contributed by atoms with Gasteiger partial charge in [0.05, 0.1) is 16.7 Å². The summed E-state index contributed by atoms with van der Waals surface area (Å²) in [6, 6.07) is 10.4. The molecule has 0 saturated heterocycles. The fraction of sp³-hybridized carbons (Fsp3) is 0.300. The average Bonchev–Trinajstić information content (AvgIpc) is 2.97. The van der Waals surface area contributed by atoms with E-state index in [-0.39, 0.29) is 18.1 Å². The number of aliphatic imine (C=N–C) groups is 1. The second kappa shape index (κ2) is 5.76. The van der Waals surface area contributed by atoms with E-state index < -0.39 is 23.0 Å². The first-order chi connectivity index (χ1) is 12.3. The maximum absolute atomic E-state index is 13.6. The van der Waals surface area contributed by atoms with E-state index in [2.05, 4.69) is 4.99 Å². The fourth-order valence-corrected chi connectivity index (χ4v) is 4.03. The Morgan fingerprint density at radius 1 is 1.12 bits per heavy atom. The van der Waals surface area contributed by atoms with Crippen LogP contribution in [-0.4, -0.2) is 12.0 Å². The summed E-state index contributed by atoms with van der Waals surface area (Å²) in [5.74, 6) is -1.52. The molecule has 2 nitrogen and oxygen atoms in total. The molecule has 1 spiro atoms. The van der Waals surface area contributed by atoms with E-state index >= 15 is 0 Å². The monoisotopic (exact) mass is 361 g/mol. The van der Waals surface area contributed by atoms with E-state index in [1.54, 1.807) is 6.21 Å². The number of benzene rings is 2. The number of halogens is 4. The zero-order chi connectivity index (χ0) is 18.5. The number of carbonyl (C=O) groups excluding carboxylic acids is 1. The molecule has 1 aliphatic carbocycles. The third-order valence-corrected chi connectivity index (χ3v) is 5.36. The lowest BCUT2D eigenvalue weighted by molar-refractivity contribution is -0.140. The minimum atomic E-state index is -4.75. The molecular formula is C20H15F4NO. The third-order valence-electron chi connectivity index (χ3n) is 5.36. The standard InChI is InChI=1S/C20H15F4NO/c21-16-7-5-12(9-15(16)20(22,23)24)13-6-8-18(26)19(10-13)11-25-17-4-2-1-3-14(17)19/h1-5,7,9,11,13H,6,8,10H2. The van der Waals surface area contributed by atoms with E-state index in [0.29, 0.717) is 18.4 Å². The quantitative estimate of drug-likeness (QED) is 0.631. The van der Waals surface area contributed by atoms with Crippen molar-refractivity contribution in [1.29, 1.82) is 0 Å². The first-order valence-corrected chi connectivity index (χ1v) is 8.36. The maximum atomic E-state index is 13.6. The van der Waals surface area contributed by atoms with E-state index in [9.17, 15) is 22.4 Å². The number of hydrogen-bond donors (Lipinski definition) is 0. The van der Waals surface area contributed by atoms with Crippen LogP contribution in [0.5, 0.6) is 0 Å². The average molecular weight is 361 g/mol. The number of nitrogens with zero attached hydrogens (tertiary/aromatic N) is 1. The van der Waals surface area contributed by atoms with Gasteiger partial charge in [0.15, 0.2) is 0 Å². The summed E-state index contributed by atoms with van der Waals surface area (Å²) < 4.78 is 52.7. The molecule has 0 bridgehead atoms. The molecule has 1 heterocycles. The highest BCUT2D eigenvalue weighted by molar-refractivity contribution is 6.10. The highest BCUT2D eigenvalue weighted by Crippen LogP contribution is 2.49. The number of fused-ring (bicyclic) bond motifs is 2. The lowest BCUT2D eigenvalue weighted by atomic mass is 9.65. The normalized spacial score (nSPS) is 24.9. The van der Waals surface area contributed by atoms with Crippen molar-refractivity contribution in [3.05, 3.63) is 65.0 Å². The van der Waals surface area contributed by atoms with Gasteiger partial charge >= 0.3 is 6.18 Å². The number of Topliss-reactive ketones (excluding diaryl/α,β-unsaturated/α-hetero) is 1. The molecule has 1 saturated carbocycles. The van der Waals surface area contributed by atoms with Gasteiger partial charge in [-0.15, -0.1) is 0 Å². The van der Waals surface area contributed by atoms with Gasteiger partial charge in [-0.3, -0.25) is 9.79 Å². The number of hydrogen-bond acceptors (Lipinski definition) is 2. The Morgan fingerprint density at radius 3 is 2.65 bits per heavy atom. The SMILES string of the molecule is O=C1CCC(c2ccc(F)c(C(F)(F)F)c2)CC12C=Nc1ccccc12. The van der Waals surface area contributed by atoms with E-state index in [0.717, 1.165) is 23.4 Å². The molecule has 26 heavy (non-hydrogen) atoms. The molecule has 0 amide bonds. The van der Waals surface area contributed by atoms with Crippen molar-refractivity contribution in [1.82, 2.24) is 0 Å². The topological polar surface area (TPSA) is 29.4 Å². The second-order valence-electron chi connectivity index (χ2n) is 6.85. The summed E-state index contributed by atoms with van der Waals surface area (Å²) in [5.41, 5.74) is -0.235. The summed E-state index contributed by atoms with van der Waals surface area (Å²) in [4.78, 5) is 17.0. The van der Waals surface area contributed by atoms with Gasteiger partial charge in [0, 0.05) is 12.6 Å². The molecule has 2 aliphatic rings. The van der Waals surface area contributed by atoms with Crippen LogP contribution in [-0.2, 0) is 16.4 Å². The Morgan fingerprint density at radius 2 is 1.88 bits per heavy atom. The molecule has 0 N–H and O–H groups in total. The molecule has 2 aromatic rings. The van der Waals surface area contributed by atoms with Gasteiger partial charge in [-0.05, 0) is 48.1 Å². The largest absolute Gasteiger partial charge is 0.419 e. The molecule has 6 heteroatoms. The molecule has 1 aliphatic heterocycles. The second-order valence-corrected chi connectivity index (χ2v) is 6.85. The summed E-state index contributed by atoms with van der Waals surface area (Å²) in [7, 11) is 0. The van der Waals surface area contributed by atoms with Crippen molar-refractivity contribution >= 4 is 17.7 Å². The van der Waals surface area contributed by atoms with Crippen molar-refractivity contribution in [3.63, 3.8) is 0 Å². The van der Waals surface area contributed by atoms with Gasteiger partial charge in [-0.2, -0.15) is 13.2 Å². The predicted octanol–water partition coefficient (Wildman–Crippen LogP) is 5.34. The van der Waals surface area contributed by atoms with Crippen molar-refractivity contribution in [2.24, 2.45) is 4.99 Å². The minimum absolute atomic E-state index is 0.0283. The molecule has 134 valence electrons. The summed E-state index contributed by atoms with van der Waals surface area (Å²) >= 11 is 0. The maximum Gasteiger partial charge on any atom is 0.419 e. The summed E-state index contributed by atoms with van der Waals surface area (Å²) in [6.07, 6.45) is -2.08. The Kier molecular flexibility index (Phi) is 3.75.